The van der Waals surface area contributed by atoms with E-state index < -0.39 is 6.04 Å². The Kier molecular flexibility index (Phi) is 4.55. The van der Waals surface area contributed by atoms with Gasteiger partial charge < -0.3 is 15.5 Å². The number of benzene rings is 1. The fraction of sp³-hybridized carbons (Fsp3) is 0.556. The van der Waals surface area contributed by atoms with Crippen LogP contribution < -0.4 is 15.5 Å². The molecule has 1 aromatic carbocycles. The molecule has 1 saturated heterocycles. The van der Waals surface area contributed by atoms with Crippen molar-refractivity contribution < 1.29 is 9.59 Å². The van der Waals surface area contributed by atoms with Gasteiger partial charge in [-0.05, 0) is 56.4 Å². The maximum absolute atomic E-state index is 12.6. The zero-order chi connectivity index (χ0) is 16.4. The van der Waals surface area contributed by atoms with Crippen LogP contribution in [0.4, 0.5) is 10.5 Å². The maximum atomic E-state index is 12.6. The Morgan fingerprint density at radius 1 is 1.09 bits per heavy atom. The zero-order valence-corrected chi connectivity index (χ0v) is 13.9. The SMILES string of the molecule is Cc1ccc(N2CC[C@@H](NC(=O)NC3CCCC3)C2=O)cc1C. The predicted molar refractivity (Wildman–Crippen MR) is 90.6 cm³/mol. The Balaban J connectivity index is 1.59. The molecule has 124 valence electrons. The number of carbonyl (C=O) groups excluding carboxylic acids is 2. The Morgan fingerprint density at radius 3 is 2.52 bits per heavy atom. The number of carbonyl (C=O) groups is 2. The summed E-state index contributed by atoms with van der Waals surface area (Å²) in [5, 5.41) is 5.82. The van der Waals surface area contributed by atoms with Gasteiger partial charge in [0, 0.05) is 18.3 Å². The molecule has 0 spiro atoms. The van der Waals surface area contributed by atoms with Crippen molar-refractivity contribution in [2.75, 3.05) is 11.4 Å². The molecule has 1 aliphatic carbocycles. The Bertz CT molecular complexity index is 608. The summed E-state index contributed by atoms with van der Waals surface area (Å²) in [7, 11) is 0. The first-order valence-corrected chi connectivity index (χ1v) is 8.50. The van der Waals surface area contributed by atoms with Gasteiger partial charge in [-0.3, -0.25) is 4.79 Å². The van der Waals surface area contributed by atoms with Crippen molar-refractivity contribution in [3.63, 3.8) is 0 Å². The third-order valence-corrected chi connectivity index (χ3v) is 5.00. The van der Waals surface area contributed by atoms with Gasteiger partial charge in [0.2, 0.25) is 5.91 Å². The van der Waals surface area contributed by atoms with Gasteiger partial charge in [-0.15, -0.1) is 0 Å². The highest BCUT2D eigenvalue weighted by molar-refractivity contribution is 6.01. The van der Waals surface area contributed by atoms with Crippen LogP contribution in [0.5, 0.6) is 0 Å². The van der Waals surface area contributed by atoms with E-state index in [1.165, 1.54) is 24.0 Å². The van der Waals surface area contributed by atoms with Crippen molar-refractivity contribution in [3.05, 3.63) is 29.3 Å². The molecule has 5 nitrogen and oxygen atoms in total. The minimum atomic E-state index is -0.419. The number of rotatable bonds is 3. The molecule has 2 aliphatic rings. The predicted octanol–water partition coefficient (Wildman–Crippen LogP) is 2.65. The van der Waals surface area contributed by atoms with E-state index >= 15 is 0 Å². The topological polar surface area (TPSA) is 61.4 Å². The second-order valence-electron chi connectivity index (χ2n) is 6.70. The van der Waals surface area contributed by atoms with Gasteiger partial charge in [-0.25, -0.2) is 4.79 Å². The fourth-order valence-electron chi connectivity index (χ4n) is 3.42. The molecule has 2 fully saturated rings. The zero-order valence-electron chi connectivity index (χ0n) is 13.9. The molecule has 1 aromatic rings. The third-order valence-electron chi connectivity index (χ3n) is 5.00. The minimum Gasteiger partial charge on any atom is -0.335 e. The van der Waals surface area contributed by atoms with Gasteiger partial charge in [0.05, 0.1) is 0 Å². The summed E-state index contributed by atoms with van der Waals surface area (Å²) in [6.45, 7) is 4.75. The van der Waals surface area contributed by atoms with Crippen LogP contribution in [0.25, 0.3) is 0 Å². The lowest BCUT2D eigenvalue weighted by atomic mass is 10.1. The Hall–Kier alpha value is -2.04. The quantitative estimate of drug-likeness (QED) is 0.901. The van der Waals surface area contributed by atoms with E-state index in [2.05, 4.69) is 17.6 Å². The van der Waals surface area contributed by atoms with E-state index in [4.69, 9.17) is 0 Å². The standard InChI is InChI=1S/C18H25N3O2/c1-12-7-8-15(11-13(12)2)21-10-9-16(17(21)22)20-18(23)19-14-5-3-4-6-14/h7-8,11,14,16H,3-6,9-10H2,1-2H3,(H2,19,20,23)/t16-/m1/s1. The van der Waals surface area contributed by atoms with Crippen molar-refractivity contribution >= 4 is 17.6 Å². The molecule has 23 heavy (non-hydrogen) atoms. The number of hydrogen-bond donors (Lipinski definition) is 2. The van der Waals surface area contributed by atoms with Crippen molar-refractivity contribution in [1.29, 1.82) is 0 Å². The van der Waals surface area contributed by atoms with Gasteiger partial charge in [-0.2, -0.15) is 0 Å². The summed E-state index contributed by atoms with van der Waals surface area (Å²) in [5.74, 6) is -0.0187. The van der Waals surface area contributed by atoms with Crippen LogP contribution >= 0.6 is 0 Å². The monoisotopic (exact) mass is 315 g/mol. The fourth-order valence-corrected chi connectivity index (χ4v) is 3.42. The minimum absolute atomic E-state index is 0.0187. The number of nitrogens with one attached hydrogen (secondary N) is 2. The molecule has 1 heterocycles. The molecule has 2 N–H and O–H groups in total. The highest BCUT2D eigenvalue weighted by Crippen LogP contribution is 2.24. The molecule has 5 heteroatoms. The normalized spacial score (nSPS) is 21.7. The van der Waals surface area contributed by atoms with Gasteiger partial charge in [-0.1, -0.05) is 18.9 Å². The van der Waals surface area contributed by atoms with Crippen LogP contribution in [0.2, 0.25) is 0 Å². The number of urea groups is 1. The van der Waals surface area contributed by atoms with E-state index in [-0.39, 0.29) is 18.0 Å². The van der Waals surface area contributed by atoms with Crippen LogP contribution in [0.1, 0.15) is 43.2 Å². The van der Waals surface area contributed by atoms with Gasteiger partial charge in [0.1, 0.15) is 6.04 Å². The number of aryl methyl sites for hydroxylation is 2. The molecule has 0 aromatic heterocycles. The van der Waals surface area contributed by atoms with Crippen LogP contribution in [0, 0.1) is 13.8 Å². The van der Waals surface area contributed by atoms with E-state index in [9.17, 15) is 9.59 Å². The lowest BCUT2D eigenvalue weighted by Crippen LogP contribution is -2.48. The number of hydrogen-bond acceptors (Lipinski definition) is 2. The smallest absolute Gasteiger partial charge is 0.315 e. The van der Waals surface area contributed by atoms with E-state index in [1.807, 2.05) is 25.1 Å². The summed E-state index contributed by atoms with van der Waals surface area (Å²) in [6.07, 6.45) is 5.09. The second kappa shape index (κ2) is 6.60. The highest BCUT2D eigenvalue weighted by Gasteiger charge is 2.34. The summed E-state index contributed by atoms with van der Waals surface area (Å²) in [4.78, 5) is 26.4. The Labute approximate surface area is 137 Å². The van der Waals surface area contributed by atoms with Gasteiger partial charge >= 0.3 is 6.03 Å². The maximum Gasteiger partial charge on any atom is 0.315 e. The van der Waals surface area contributed by atoms with Crippen molar-refractivity contribution in [2.45, 2.75) is 58.0 Å². The molecule has 1 saturated carbocycles. The summed E-state index contributed by atoms with van der Waals surface area (Å²) in [5.41, 5.74) is 3.30. The second-order valence-corrected chi connectivity index (χ2v) is 6.70. The van der Waals surface area contributed by atoms with Crippen LogP contribution in [-0.4, -0.2) is 30.6 Å². The average molecular weight is 315 g/mol. The van der Waals surface area contributed by atoms with Crippen LogP contribution in [0.3, 0.4) is 0 Å². The van der Waals surface area contributed by atoms with Crippen LogP contribution in [0.15, 0.2) is 18.2 Å². The average Bonchev–Trinajstić information content (AvgIpc) is 3.13. The van der Waals surface area contributed by atoms with Gasteiger partial charge in [0.15, 0.2) is 0 Å². The third kappa shape index (κ3) is 3.49. The van der Waals surface area contributed by atoms with E-state index in [0.29, 0.717) is 13.0 Å². The lowest BCUT2D eigenvalue weighted by Gasteiger charge is -2.19. The molecule has 0 bridgehead atoms. The largest absolute Gasteiger partial charge is 0.335 e. The molecule has 0 radical (unpaired) electrons. The number of amides is 3. The van der Waals surface area contributed by atoms with Crippen molar-refractivity contribution in [2.24, 2.45) is 0 Å². The highest BCUT2D eigenvalue weighted by atomic mass is 16.2. The Morgan fingerprint density at radius 2 is 1.83 bits per heavy atom. The number of anilines is 1. The van der Waals surface area contributed by atoms with Crippen molar-refractivity contribution in [1.82, 2.24) is 10.6 Å². The first kappa shape index (κ1) is 15.8. The summed E-state index contributed by atoms with van der Waals surface area (Å²) >= 11 is 0. The molecule has 1 aliphatic heterocycles. The molecular weight excluding hydrogens is 290 g/mol. The van der Waals surface area contributed by atoms with E-state index in [1.54, 1.807) is 4.90 Å². The molecule has 3 amide bonds. The number of nitrogens with zero attached hydrogens (tertiary/aromatic N) is 1. The van der Waals surface area contributed by atoms with E-state index in [0.717, 1.165) is 18.5 Å². The summed E-state index contributed by atoms with van der Waals surface area (Å²) < 4.78 is 0. The van der Waals surface area contributed by atoms with Gasteiger partial charge in [0.25, 0.3) is 0 Å². The lowest BCUT2D eigenvalue weighted by molar-refractivity contribution is -0.118. The summed E-state index contributed by atoms with van der Waals surface area (Å²) in [6, 6.07) is 5.68. The molecule has 0 unspecified atom stereocenters. The molecular formula is C18H25N3O2. The first-order valence-electron chi connectivity index (χ1n) is 8.50. The van der Waals surface area contributed by atoms with Crippen LogP contribution in [-0.2, 0) is 4.79 Å². The first-order chi connectivity index (χ1) is 11.0. The molecule has 3 rings (SSSR count). The molecule has 1 atom stereocenters. The van der Waals surface area contributed by atoms with Crippen molar-refractivity contribution in [3.8, 4) is 0 Å².